The van der Waals surface area contributed by atoms with Crippen molar-refractivity contribution in [2.45, 2.75) is 53.9 Å². The van der Waals surface area contributed by atoms with Gasteiger partial charge in [-0.15, -0.1) is 0 Å². The van der Waals surface area contributed by atoms with Gasteiger partial charge in [-0.1, -0.05) is 60.5 Å². The van der Waals surface area contributed by atoms with Crippen LogP contribution < -0.4 is 0 Å². The lowest BCUT2D eigenvalue weighted by Crippen LogP contribution is -2.19. The molecule has 2 nitrogen and oxygen atoms in total. The van der Waals surface area contributed by atoms with Crippen molar-refractivity contribution in [3.63, 3.8) is 0 Å². The molecule has 0 spiro atoms. The van der Waals surface area contributed by atoms with Crippen molar-refractivity contribution in [3.05, 3.63) is 58.7 Å². The van der Waals surface area contributed by atoms with Crippen LogP contribution in [-0.2, 0) is 0 Å². The van der Waals surface area contributed by atoms with Crippen LogP contribution in [0.1, 0.15) is 53.9 Å². The largest absolute Gasteiger partial charge is 0.411 e. The van der Waals surface area contributed by atoms with Gasteiger partial charge >= 0.3 is 0 Å². The zero-order valence-electron chi connectivity index (χ0n) is 14.6. The second kappa shape index (κ2) is 8.57. The average Bonchev–Trinajstić information content (AvgIpc) is 2.43. The molecule has 0 saturated heterocycles. The zero-order valence-corrected chi connectivity index (χ0v) is 14.6. The first-order valence-corrected chi connectivity index (χ1v) is 7.94. The van der Waals surface area contributed by atoms with Crippen molar-refractivity contribution in [2.24, 2.45) is 10.6 Å². The van der Waals surface area contributed by atoms with E-state index in [-0.39, 0.29) is 5.41 Å². The van der Waals surface area contributed by atoms with Crippen molar-refractivity contribution in [1.29, 1.82) is 0 Å². The van der Waals surface area contributed by atoms with Gasteiger partial charge in [-0.05, 0) is 62.7 Å². The molecule has 120 valence electrons. The Bertz CT molecular complexity index is 554. The van der Waals surface area contributed by atoms with Gasteiger partial charge in [-0.2, -0.15) is 0 Å². The third kappa shape index (κ3) is 5.88. The normalized spacial score (nSPS) is 20.8. The van der Waals surface area contributed by atoms with Crippen LogP contribution in [0.25, 0.3) is 0 Å². The molecule has 22 heavy (non-hydrogen) atoms. The van der Waals surface area contributed by atoms with E-state index in [0.717, 1.165) is 5.57 Å². The molecule has 2 heteroatoms. The summed E-state index contributed by atoms with van der Waals surface area (Å²) in [5.74, 6) is 0. The molecule has 0 fully saturated rings. The highest BCUT2D eigenvalue weighted by atomic mass is 16.4. The van der Waals surface area contributed by atoms with Crippen molar-refractivity contribution >= 4 is 6.21 Å². The number of nitrogens with zero attached hydrogens (tertiary/aromatic N) is 1. The van der Waals surface area contributed by atoms with Crippen LogP contribution in [0.3, 0.4) is 0 Å². The number of allylic oxidation sites excluding steroid dienone is 10. The second-order valence-electron chi connectivity index (χ2n) is 6.71. The Hall–Kier alpha value is -1.83. The summed E-state index contributed by atoms with van der Waals surface area (Å²) < 4.78 is 0. The molecule has 1 aliphatic rings. The highest BCUT2D eigenvalue weighted by Gasteiger charge is 2.26. The topological polar surface area (TPSA) is 32.6 Å². The van der Waals surface area contributed by atoms with E-state index >= 15 is 0 Å². The summed E-state index contributed by atoms with van der Waals surface area (Å²) in [6.45, 7) is 11.0. The molecule has 0 bridgehead atoms. The number of rotatable bonds is 5. The van der Waals surface area contributed by atoms with Gasteiger partial charge in [-0.25, -0.2) is 0 Å². The number of hydrogen-bond donors (Lipinski definition) is 1. The number of oxime groups is 1. The summed E-state index contributed by atoms with van der Waals surface area (Å²) in [6, 6.07) is 0. The fourth-order valence-corrected chi connectivity index (χ4v) is 2.84. The molecule has 0 aromatic rings. The Morgan fingerprint density at radius 1 is 1.14 bits per heavy atom. The summed E-state index contributed by atoms with van der Waals surface area (Å²) in [5, 5.41) is 11.3. The van der Waals surface area contributed by atoms with Crippen LogP contribution in [-0.4, -0.2) is 11.4 Å². The van der Waals surface area contributed by atoms with E-state index in [9.17, 15) is 0 Å². The molecule has 1 rings (SSSR count). The van der Waals surface area contributed by atoms with E-state index in [4.69, 9.17) is 5.21 Å². The minimum Gasteiger partial charge on any atom is -0.411 e. The monoisotopic (exact) mass is 299 g/mol. The van der Waals surface area contributed by atoms with E-state index in [1.807, 2.05) is 19.1 Å². The van der Waals surface area contributed by atoms with E-state index in [1.165, 1.54) is 42.2 Å². The molecule has 0 saturated carbocycles. The molecule has 1 N–H and O–H groups in total. The van der Waals surface area contributed by atoms with E-state index in [0.29, 0.717) is 0 Å². The van der Waals surface area contributed by atoms with Crippen molar-refractivity contribution in [3.8, 4) is 0 Å². The fraction of sp³-hybridized carbons (Fsp3) is 0.450. The van der Waals surface area contributed by atoms with Crippen LogP contribution in [0.15, 0.2) is 63.9 Å². The zero-order chi connectivity index (χ0) is 16.6. The SMILES string of the molecule is CC1=C(/C=C/C(C)=C/C=C/C(C)=C/C=NO)C(C)(C)CCC1. The predicted molar refractivity (Wildman–Crippen MR) is 96.4 cm³/mol. The molecular formula is C20H29NO. The van der Waals surface area contributed by atoms with Gasteiger partial charge in [0.15, 0.2) is 0 Å². The lowest BCUT2D eigenvalue weighted by atomic mass is 9.72. The molecule has 0 aliphatic heterocycles. The third-order valence-corrected chi connectivity index (χ3v) is 4.18. The molecule has 0 atom stereocenters. The highest BCUT2D eigenvalue weighted by molar-refractivity contribution is 5.72. The Balaban J connectivity index is 2.77. The van der Waals surface area contributed by atoms with Crippen LogP contribution in [0.5, 0.6) is 0 Å². The van der Waals surface area contributed by atoms with Gasteiger partial charge in [0, 0.05) is 0 Å². The first-order chi connectivity index (χ1) is 10.4. The molecule has 0 aromatic carbocycles. The average molecular weight is 299 g/mol. The maximum absolute atomic E-state index is 8.36. The van der Waals surface area contributed by atoms with Crippen LogP contribution in [0.2, 0.25) is 0 Å². The maximum atomic E-state index is 8.36. The smallest absolute Gasteiger partial charge is 0.0664 e. The summed E-state index contributed by atoms with van der Waals surface area (Å²) in [6.07, 6.45) is 17.5. The Morgan fingerprint density at radius 2 is 1.82 bits per heavy atom. The van der Waals surface area contributed by atoms with Gasteiger partial charge < -0.3 is 5.21 Å². The quantitative estimate of drug-likeness (QED) is 0.288. The second-order valence-corrected chi connectivity index (χ2v) is 6.71. The fourth-order valence-electron chi connectivity index (χ4n) is 2.84. The maximum Gasteiger partial charge on any atom is 0.0664 e. The van der Waals surface area contributed by atoms with Crippen molar-refractivity contribution in [1.82, 2.24) is 0 Å². The molecule has 0 aromatic heterocycles. The molecule has 0 amide bonds. The van der Waals surface area contributed by atoms with E-state index in [2.05, 4.69) is 51.1 Å². The van der Waals surface area contributed by atoms with Crippen molar-refractivity contribution in [2.75, 3.05) is 0 Å². The lowest BCUT2D eigenvalue weighted by molar-refractivity contribution is 0.322. The van der Waals surface area contributed by atoms with Gasteiger partial charge in [0.2, 0.25) is 0 Å². The van der Waals surface area contributed by atoms with E-state index < -0.39 is 0 Å². The van der Waals surface area contributed by atoms with Crippen LogP contribution in [0, 0.1) is 5.41 Å². The first-order valence-electron chi connectivity index (χ1n) is 7.94. The van der Waals surface area contributed by atoms with Crippen LogP contribution in [0.4, 0.5) is 0 Å². The van der Waals surface area contributed by atoms with Gasteiger partial charge in [0.25, 0.3) is 0 Å². The molecular weight excluding hydrogens is 270 g/mol. The lowest BCUT2D eigenvalue weighted by Gasteiger charge is -2.32. The molecule has 1 aliphatic carbocycles. The standard InChI is InChI=1S/C20H29NO/c1-16(8-6-9-17(2)13-15-21-22)11-12-19-18(3)10-7-14-20(19,4)5/h6,8-9,11-13,15,22H,7,10,14H2,1-5H3/b9-6+,12-11+,16-8+,17-13+,21-15?. The summed E-state index contributed by atoms with van der Waals surface area (Å²) >= 11 is 0. The predicted octanol–water partition coefficient (Wildman–Crippen LogP) is 5.98. The summed E-state index contributed by atoms with van der Waals surface area (Å²) in [5.41, 5.74) is 5.57. The first kappa shape index (κ1) is 18.2. The minimum absolute atomic E-state index is 0.290. The molecule has 0 radical (unpaired) electrons. The Morgan fingerprint density at radius 3 is 2.45 bits per heavy atom. The number of hydrogen-bond acceptors (Lipinski definition) is 2. The minimum atomic E-state index is 0.290. The van der Waals surface area contributed by atoms with Gasteiger partial charge in [0.1, 0.15) is 0 Å². The van der Waals surface area contributed by atoms with Crippen molar-refractivity contribution < 1.29 is 5.21 Å². The van der Waals surface area contributed by atoms with Gasteiger partial charge in [-0.3, -0.25) is 0 Å². The summed E-state index contributed by atoms with van der Waals surface area (Å²) in [4.78, 5) is 0. The Kier molecular flexibility index (Phi) is 7.10. The Labute approximate surface area is 135 Å². The summed E-state index contributed by atoms with van der Waals surface area (Å²) in [7, 11) is 0. The third-order valence-electron chi connectivity index (χ3n) is 4.18. The van der Waals surface area contributed by atoms with Crippen LogP contribution >= 0.6 is 0 Å². The van der Waals surface area contributed by atoms with E-state index in [1.54, 1.807) is 6.08 Å². The van der Waals surface area contributed by atoms with Gasteiger partial charge in [0.05, 0.1) is 6.21 Å². The molecule has 0 heterocycles. The highest BCUT2D eigenvalue weighted by Crippen LogP contribution is 2.40. The molecule has 0 unspecified atom stereocenters.